The van der Waals surface area contributed by atoms with Crippen LogP contribution in [0.3, 0.4) is 0 Å². The molecule has 4 aromatic carbocycles. The number of non-ortho nitro benzene ring substituents is 1. The van der Waals surface area contributed by atoms with E-state index in [4.69, 9.17) is 18.9 Å². The first kappa shape index (κ1) is 40.7. The normalized spacial score (nSPS) is 11.9. The summed E-state index contributed by atoms with van der Waals surface area (Å²) >= 11 is 0. The summed E-state index contributed by atoms with van der Waals surface area (Å²) in [5.74, 6) is -3.06. The molecule has 17 heteroatoms. The van der Waals surface area contributed by atoms with Crippen LogP contribution in [-0.2, 0) is 19.1 Å². The van der Waals surface area contributed by atoms with Gasteiger partial charge in [0, 0.05) is 30.2 Å². The first-order valence-corrected chi connectivity index (χ1v) is 16.2. The van der Waals surface area contributed by atoms with Gasteiger partial charge in [-0.2, -0.15) is 13.2 Å². The van der Waals surface area contributed by atoms with Gasteiger partial charge in [-0.15, -0.1) is 0 Å². The average Bonchev–Trinajstić information content (AvgIpc) is 3.15. The molecule has 0 amide bonds. The Hall–Kier alpha value is -7.04. The van der Waals surface area contributed by atoms with Crippen molar-refractivity contribution in [2.45, 2.75) is 24.9 Å². The maximum absolute atomic E-state index is 12.7. The van der Waals surface area contributed by atoms with Gasteiger partial charge in [0.25, 0.3) is 11.4 Å². The number of rotatable bonds is 17. The topological polar surface area (TPSA) is 195 Å². The molecule has 4 aromatic rings. The molecule has 0 aromatic heterocycles. The highest BCUT2D eigenvalue weighted by Crippen LogP contribution is 2.31. The number of nitro benzene ring substituents is 2. The molecule has 0 heterocycles. The van der Waals surface area contributed by atoms with Crippen LogP contribution in [0, 0.1) is 20.2 Å². The lowest BCUT2D eigenvalue weighted by Gasteiger charge is -2.17. The SMILES string of the molecule is O=C(/C=C/c1ccc(O)cc1)OCC(COC(=O)/C=C/c1ccc(OC(=O)c2ccc(OCCCC(F)(F)F)cc2)cc1)c1ccc([N+](=O)[O-])cc1[N+](=O)[O-]. The minimum Gasteiger partial charge on any atom is -0.508 e. The summed E-state index contributed by atoms with van der Waals surface area (Å²) < 4.78 is 58.0. The standard InChI is InChI=1S/C38H31F3N2O12/c39-38(40,41)20-1-21-52-31-15-8-27(9-16-31)37(47)55-32-13-4-26(5-14-32)7-19-36(46)54-24-28(33-17-10-29(42(48)49)22-34(33)43(50)51)23-53-35(45)18-6-25-2-11-30(44)12-3-25/h2-19,22,28,44H,1,20-21,23-24H2/b18-6+,19-7+. The van der Waals surface area contributed by atoms with Gasteiger partial charge < -0.3 is 24.1 Å². The third-order valence-electron chi connectivity index (χ3n) is 7.49. The maximum atomic E-state index is 12.7. The van der Waals surface area contributed by atoms with Crippen molar-refractivity contribution >= 4 is 41.4 Å². The average molecular weight is 765 g/mol. The van der Waals surface area contributed by atoms with E-state index in [2.05, 4.69) is 0 Å². The summed E-state index contributed by atoms with van der Waals surface area (Å²) in [6.07, 6.45) is -0.534. The molecule has 14 nitrogen and oxygen atoms in total. The van der Waals surface area contributed by atoms with E-state index in [0.717, 1.165) is 30.4 Å². The van der Waals surface area contributed by atoms with Gasteiger partial charge in [-0.1, -0.05) is 24.3 Å². The predicted octanol–water partition coefficient (Wildman–Crippen LogP) is 7.75. The van der Waals surface area contributed by atoms with Gasteiger partial charge in [0.05, 0.1) is 34.0 Å². The Balaban J connectivity index is 1.35. The van der Waals surface area contributed by atoms with Crippen LogP contribution in [0.5, 0.6) is 17.2 Å². The summed E-state index contributed by atoms with van der Waals surface area (Å²) in [5.41, 5.74) is -0.0731. The number of carbonyl (C=O) groups excluding carboxylic acids is 3. The molecule has 0 saturated carbocycles. The van der Waals surface area contributed by atoms with E-state index in [0.29, 0.717) is 11.1 Å². The molecule has 4 rings (SSSR count). The van der Waals surface area contributed by atoms with Gasteiger partial charge in [0.2, 0.25) is 0 Å². The predicted molar refractivity (Wildman–Crippen MR) is 189 cm³/mol. The number of phenolic OH excluding ortho intramolecular Hbond substituents is 1. The fraction of sp³-hybridized carbons (Fsp3) is 0.184. The lowest BCUT2D eigenvalue weighted by Crippen LogP contribution is -2.19. The molecule has 0 aliphatic carbocycles. The van der Waals surface area contributed by atoms with Gasteiger partial charge in [-0.25, -0.2) is 14.4 Å². The van der Waals surface area contributed by atoms with Crippen LogP contribution in [0.2, 0.25) is 0 Å². The van der Waals surface area contributed by atoms with Crippen molar-refractivity contribution in [1.82, 2.24) is 0 Å². The number of nitrogens with zero attached hydrogens (tertiary/aromatic N) is 2. The Morgan fingerprint density at radius 1 is 0.745 bits per heavy atom. The molecule has 55 heavy (non-hydrogen) atoms. The number of nitro groups is 2. The van der Waals surface area contributed by atoms with Gasteiger partial charge >= 0.3 is 24.1 Å². The number of hydrogen-bond acceptors (Lipinski definition) is 12. The highest BCUT2D eigenvalue weighted by Gasteiger charge is 2.28. The number of benzene rings is 4. The number of carbonyl (C=O) groups is 3. The summed E-state index contributed by atoms with van der Waals surface area (Å²) in [6.45, 7) is -1.16. The summed E-state index contributed by atoms with van der Waals surface area (Å²) in [4.78, 5) is 59.1. The third-order valence-corrected chi connectivity index (χ3v) is 7.49. The molecule has 0 bridgehead atoms. The van der Waals surface area contributed by atoms with Crippen molar-refractivity contribution in [2.75, 3.05) is 19.8 Å². The highest BCUT2D eigenvalue weighted by molar-refractivity contribution is 5.91. The van der Waals surface area contributed by atoms with Crippen LogP contribution in [-0.4, -0.2) is 58.9 Å². The second-order valence-electron chi connectivity index (χ2n) is 11.5. The molecular weight excluding hydrogens is 733 g/mol. The van der Waals surface area contributed by atoms with Crippen LogP contribution in [0.15, 0.2) is 103 Å². The molecule has 0 aliphatic rings. The Bertz CT molecular complexity index is 2050. The fourth-order valence-electron chi connectivity index (χ4n) is 4.72. The van der Waals surface area contributed by atoms with Crippen molar-refractivity contribution < 1.29 is 61.5 Å². The third kappa shape index (κ3) is 13.5. The van der Waals surface area contributed by atoms with Crippen LogP contribution in [0.1, 0.15) is 45.8 Å². The molecular formula is C38H31F3N2O12. The molecule has 0 radical (unpaired) electrons. The van der Waals surface area contributed by atoms with Gasteiger partial charge in [0.1, 0.15) is 30.5 Å². The minimum absolute atomic E-state index is 0.0221. The summed E-state index contributed by atoms with van der Waals surface area (Å²) in [7, 11) is 0. The molecule has 0 spiro atoms. The van der Waals surface area contributed by atoms with Crippen molar-refractivity contribution in [1.29, 1.82) is 0 Å². The maximum Gasteiger partial charge on any atom is 0.389 e. The summed E-state index contributed by atoms with van der Waals surface area (Å²) in [5, 5.41) is 32.5. The van der Waals surface area contributed by atoms with E-state index in [1.165, 1.54) is 84.9 Å². The number of ether oxygens (including phenoxy) is 4. The van der Waals surface area contributed by atoms with Crippen LogP contribution >= 0.6 is 0 Å². The van der Waals surface area contributed by atoms with E-state index >= 15 is 0 Å². The molecule has 0 saturated heterocycles. The molecule has 1 N–H and O–H groups in total. The molecule has 1 unspecified atom stereocenters. The van der Waals surface area contributed by atoms with Crippen LogP contribution < -0.4 is 9.47 Å². The van der Waals surface area contributed by atoms with Crippen molar-refractivity contribution in [3.05, 3.63) is 146 Å². The van der Waals surface area contributed by atoms with Gasteiger partial charge in [-0.05, 0) is 84.3 Å². The van der Waals surface area contributed by atoms with E-state index in [9.17, 15) is 52.9 Å². The monoisotopic (exact) mass is 764 g/mol. The number of aromatic hydroxyl groups is 1. The van der Waals surface area contributed by atoms with Crippen LogP contribution in [0.25, 0.3) is 12.2 Å². The summed E-state index contributed by atoms with van der Waals surface area (Å²) in [6, 6.07) is 20.4. The first-order valence-electron chi connectivity index (χ1n) is 16.2. The number of esters is 3. The van der Waals surface area contributed by atoms with Crippen LogP contribution in [0.4, 0.5) is 24.5 Å². The highest BCUT2D eigenvalue weighted by atomic mass is 19.4. The van der Waals surface area contributed by atoms with Crippen molar-refractivity contribution in [3.8, 4) is 17.2 Å². The minimum atomic E-state index is -4.27. The smallest absolute Gasteiger partial charge is 0.389 e. The van der Waals surface area contributed by atoms with Gasteiger partial charge in [-0.3, -0.25) is 20.2 Å². The van der Waals surface area contributed by atoms with Crippen molar-refractivity contribution in [3.63, 3.8) is 0 Å². The lowest BCUT2D eigenvalue weighted by molar-refractivity contribution is -0.394. The van der Waals surface area contributed by atoms with E-state index < -0.39 is 70.9 Å². The Labute approximate surface area is 310 Å². The van der Waals surface area contributed by atoms with Crippen molar-refractivity contribution in [2.24, 2.45) is 0 Å². The Morgan fingerprint density at radius 2 is 1.29 bits per heavy atom. The molecule has 0 fully saturated rings. The lowest BCUT2D eigenvalue weighted by atomic mass is 9.98. The zero-order chi connectivity index (χ0) is 40.0. The van der Waals surface area contributed by atoms with E-state index in [1.807, 2.05) is 0 Å². The molecule has 1 atom stereocenters. The van der Waals surface area contributed by atoms with E-state index in [-0.39, 0.29) is 41.4 Å². The zero-order valence-corrected chi connectivity index (χ0v) is 28.5. The number of hydrogen-bond donors (Lipinski definition) is 1. The largest absolute Gasteiger partial charge is 0.508 e. The second-order valence-corrected chi connectivity index (χ2v) is 11.5. The Morgan fingerprint density at radius 3 is 1.82 bits per heavy atom. The first-order chi connectivity index (χ1) is 26.2. The molecule has 286 valence electrons. The van der Waals surface area contributed by atoms with E-state index in [1.54, 1.807) is 0 Å². The second kappa shape index (κ2) is 19.2. The quantitative estimate of drug-likeness (QED) is 0.0275. The Kier molecular flexibility index (Phi) is 14.2. The number of phenols is 1. The fourth-order valence-corrected chi connectivity index (χ4v) is 4.72. The van der Waals surface area contributed by atoms with Gasteiger partial charge in [0.15, 0.2) is 0 Å². The zero-order valence-electron chi connectivity index (χ0n) is 28.5. The molecule has 0 aliphatic heterocycles. The number of alkyl halides is 3. The number of halogens is 3.